The Labute approximate surface area is 236 Å². The van der Waals surface area contributed by atoms with Gasteiger partial charge in [0, 0.05) is 67.4 Å². The zero-order valence-corrected chi connectivity index (χ0v) is 22.6. The summed E-state index contributed by atoms with van der Waals surface area (Å²) in [4.78, 5) is 43.4. The van der Waals surface area contributed by atoms with E-state index in [2.05, 4.69) is 20.9 Å². The largest absolute Gasteiger partial charge is 0.464 e. The summed E-state index contributed by atoms with van der Waals surface area (Å²) in [6, 6.07) is 13.4. The lowest BCUT2D eigenvalue weighted by molar-refractivity contribution is -0.122. The van der Waals surface area contributed by atoms with Gasteiger partial charge < -0.3 is 23.4 Å². The van der Waals surface area contributed by atoms with Gasteiger partial charge in [-0.1, -0.05) is 36.4 Å². The monoisotopic (exact) mass is 554 g/mol. The molecular formula is C31H30N4O6. The number of fused-ring (bicyclic) bond motifs is 1. The molecule has 0 saturated carbocycles. The lowest BCUT2D eigenvalue weighted by atomic mass is 9.94. The minimum Gasteiger partial charge on any atom is -0.464 e. The van der Waals surface area contributed by atoms with Gasteiger partial charge in [0.1, 0.15) is 12.2 Å². The van der Waals surface area contributed by atoms with Crippen LogP contribution in [0.1, 0.15) is 16.7 Å². The fourth-order valence-electron chi connectivity index (χ4n) is 6.13. The summed E-state index contributed by atoms with van der Waals surface area (Å²) in [5, 5.41) is 4.25. The molecule has 10 nitrogen and oxygen atoms in total. The second kappa shape index (κ2) is 10.5. The van der Waals surface area contributed by atoms with Crippen LogP contribution >= 0.6 is 0 Å². The highest BCUT2D eigenvalue weighted by molar-refractivity contribution is 6.50. The van der Waals surface area contributed by atoms with Crippen molar-refractivity contribution in [3.63, 3.8) is 0 Å². The number of morpholine rings is 1. The average Bonchev–Trinajstić information content (AvgIpc) is 3.67. The number of nitrogens with one attached hydrogen (secondary N) is 1. The van der Waals surface area contributed by atoms with Gasteiger partial charge in [0.05, 0.1) is 36.1 Å². The van der Waals surface area contributed by atoms with Crippen LogP contribution in [0.2, 0.25) is 0 Å². The summed E-state index contributed by atoms with van der Waals surface area (Å²) in [6.07, 6.45) is 3.83. The number of nitrogens with zero attached hydrogens (tertiary/aromatic N) is 3. The molecule has 0 radical (unpaired) electrons. The van der Waals surface area contributed by atoms with E-state index in [4.69, 9.17) is 13.9 Å². The van der Waals surface area contributed by atoms with E-state index in [0.717, 1.165) is 34.9 Å². The number of aromatic nitrogens is 1. The molecule has 1 fully saturated rings. The molecule has 210 valence electrons. The van der Waals surface area contributed by atoms with E-state index in [0.29, 0.717) is 80.3 Å². The molecule has 5 heterocycles. The number of rotatable bonds is 5. The number of ether oxygens (including phenoxy) is 2. The zero-order valence-electron chi connectivity index (χ0n) is 22.6. The van der Waals surface area contributed by atoms with Crippen molar-refractivity contribution in [3.05, 3.63) is 71.6 Å². The first-order chi connectivity index (χ1) is 20.1. The molecule has 7 rings (SSSR count). The topological polar surface area (TPSA) is 106 Å². The predicted octanol–water partition coefficient (Wildman–Crippen LogP) is 3.28. The second-order valence-electron chi connectivity index (χ2n) is 10.5. The van der Waals surface area contributed by atoms with Gasteiger partial charge in [0.2, 0.25) is 0 Å². The van der Waals surface area contributed by atoms with Crippen LogP contribution in [0.15, 0.2) is 59.3 Å². The van der Waals surface area contributed by atoms with E-state index in [1.807, 2.05) is 36.5 Å². The Morgan fingerprint density at radius 2 is 1.71 bits per heavy atom. The Hall–Kier alpha value is -4.41. The fraction of sp³-hybridized carbons (Fsp3) is 0.323. The summed E-state index contributed by atoms with van der Waals surface area (Å²) in [5.74, 6) is -0.875. The van der Waals surface area contributed by atoms with Crippen LogP contribution in [0.4, 0.5) is 4.79 Å². The molecule has 0 unspecified atom stereocenters. The van der Waals surface area contributed by atoms with Crippen molar-refractivity contribution in [3.8, 4) is 0 Å². The van der Waals surface area contributed by atoms with Crippen LogP contribution in [0.5, 0.6) is 0 Å². The van der Waals surface area contributed by atoms with Crippen LogP contribution in [-0.4, -0.2) is 84.8 Å². The van der Waals surface area contributed by atoms with Gasteiger partial charge in [-0.25, -0.2) is 4.79 Å². The standard InChI is InChI=1S/C31H30N4O6/c36-29-25(23-6-2-4-21-8-15-40-28(21)23)26(30(37)32-29)24-19-35-11-10-34(9-7-20-3-1-5-22(24)27(20)35)31(38)41-18-14-33-12-16-39-17-13-33/h1-6,8,15,19H,7,9-14,16-18H2,(H,32,36,37). The molecule has 2 aromatic carbocycles. The zero-order chi connectivity index (χ0) is 27.9. The third kappa shape index (κ3) is 4.58. The van der Waals surface area contributed by atoms with E-state index in [1.165, 1.54) is 0 Å². The number of hydrogen-bond acceptors (Lipinski definition) is 7. The molecule has 1 saturated heterocycles. The maximum absolute atomic E-state index is 13.3. The van der Waals surface area contributed by atoms with Gasteiger partial charge in [-0.15, -0.1) is 0 Å². The van der Waals surface area contributed by atoms with Crippen molar-refractivity contribution in [1.82, 2.24) is 19.7 Å². The van der Waals surface area contributed by atoms with Gasteiger partial charge in [-0.2, -0.15) is 0 Å². The predicted molar refractivity (Wildman–Crippen MR) is 152 cm³/mol. The van der Waals surface area contributed by atoms with Crippen molar-refractivity contribution in [2.75, 3.05) is 52.5 Å². The van der Waals surface area contributed by atoms with E-state index < -0.39 is 11.8 Å². The molecule has 10 heteroatoms. The Morgan fingerprint density at radius 3 is 2.56 bits per heavy atom. The normalized spacial score (nSPS) is 18.2. The van der Waals surface area contributed by atoms with Crippen LogP contribution < -0.4 is 5.32 Å². The third-order valence-electron chi connectivity index (χ3n) is 8.19. The highest BCUT2D eigenvalue weighted by Crippen LogP contribution is 2.39. The molecule has 4 aromatic rings. The van der Waals surface area contributed by atoms with Crippen LogP contribution in [0, 0.1) is 0 Å². The third-order valence-corrected chi connectivity index (χ3v) is 8.19. The Bertz CT molecular complexity index is 1710. The lowest BCUT2D eigenvalue weighted by Crippen LogP contribution is -2.41. The van der Waals surface area contributed by atoms with Gasteiger partial charge in [-0.05, 0) is 18.1 Å². The number of benzene rings is 2. The summed E-state index contributed by atoms with van der Waals surface area (Å²) < 4.78 is 18.8. The van der Waals surface area contributed by atoms with Crippen molar-refractivity contribution >= 4 is 50.9 Å². The number of hydrogen-bond donors (Lipinski definition) is 1. The molecule has 0 spiro atoms. The number of carbonyl (C=O) groups excluding carboxylic acids is 3. The average molecular weight is 555 g/mol. The highest BCUT2D eigenvalue weighted by atomic mass is 16.6. The van der Waals surface area contributed by atoms with Crippen molar-refractivity contribution in [1.29, 1.82) is 0 Å². The minimum absolute atomic E-state index is 0.306. The van der Waals surface area contributed by atoms with Crippen LogP contribution in [-0.2, 0) is 32.0 Å². The van der Waals surface area contributed by atoms with E-state index in [9.17, 15) is 14.4 Å². The van der Waals surface area contributed by atoms with Gasteiger partial charge >= 0.3 is 6.09 Å². The first-order valence-corrected chi connectivity index (χ1v) is 14.0. The molecule has 3 amide bonds. The van der Waals surface area contributed by atoms with E-state index in [1.54, 1.807) is 17.2 Å². The molecule has 0 bridgehead atoms. The smallest absolute Gasteiger partial charge is 0.409 e. The number of carbonyl (C=O) groups is 3. The second-order valence-corrected chi connectivity index (χ2v) is 10.5. The number of imide groups is 1. The Morgan fingerprint density at radius 1 is 0.902 bits per heavy atom. The Kier molecular flexibility index (Phi) is 6.56. The van der Waals surface area contributed by atoms with E-state index >= 15 is 0 Å². The summed E-state index contributed by atoms with van der Waals surface area (Å²) in [5.41, 5.74) is 4.55. The van der Waals surface area contributed by atoms with Gasteiger partial charge in [0.25, 0.3) is 11.8 Å². The Balaban J connectivity index is 1.20. The maximum Gasteiger partial charge on any atom is 0.409 e. The van der Waals surface area contributed by atoms with Crippen molar-refractivity contribution < 1.29 is 28.3 Å². The molecule has 0 atom stereocenters. The SMILES string of the molecule is O=C1NC(=O)C(c2cccc3ccoc23)=C1c1cn2c3c(cccc13)CCN(C(=O)OCCN1CCOCC1)CC2. The minimum atomic E-state index is -0.443. The molecule has 1 N–H and O–H groups in total. The fourth-order valence-corrected chi connectivity index (χ4v) is 6.13. The maximum atomic E-state index is 13.3. The highest BCUT2D eigenvalue weighted by Gasteiger charge is 2.35. The molecule has 0 aliphatic carbocycles. The van der Waals surface area contributed by atoms with Crippen molar-refractivity contribution in [2.24, 2.45) is 0 Å². The van der Waals surface area contributed by atoms with Gasteiger partial charge in [0.15, 0.2) is 0 Å². The molecule has 3 aliphatic rings. The molecular weight excluding hydrogens is 524 g/mol. The lowest BCUT2D eigenvalue weighted by Gasteiger charge is -2.28. The summed E-state index contributed by atoms with van der Waals surface area (Å²) in [7, 11) is 0. The van der Waals surface area contributed by atoms with Crippen LogP contribution in [0.25, 0.3) is 33.0 Å². The molecule has 3 aliphatic heterocycles. The first-order valence-electron chi connectivity index (χ1n) is 14.0. The number of furan rings is 1. The molecule has 2 aromatic heterocycles. The number of amides is 3. The van der Waals surface area contributed by atoms with Crippen molar-refractivity contribution in [2.45, 2.75) is 13.0 Å². The number of para-hydroxylation sites is 2. The molecule has 41 heavy (non-hydrogen) atoms. The van der Waals surface area contributed by atoms with Crippen LogP contribution in [0.3, 0.4) is 0 Å². The summed E-state index contributed by atoms with van der Waals surface area (Å²) in [6.45, 7) is 5.67. The van der Waals surface area contributed by atoms with E-state index in [-0.39, 0.29) is 6.09 Å². The first kappa shape index (κ1) is 25.6. The summed E-state index contributed by atoms with van der Waals surface area (Å²) >= 11 is 0. The quantitative estimate of drug-likeness (QED) is 0.378. The van der Waals surface area contributed by atoms with Gasteiger partial charge in [-0.3, -0.25) is 19.8 Å².